The van der Waals surface area contributed by atoms with Crippen molar-refractivity contribution in [2.75, 3.05) is 12.3 Å². The van der Waals surface area contributed by atoms with Crippen molar-refractivity contribution < 1.29 is 0 Å². The highest BCUT2D eigenvalue weighted by Crippen LogP contribution is 2.14. The number of hydrogen-bond acceptors (Lipinski definition) is 2. The summed E-state index contributed by atoms with van der Waals surface area (Å²) in [6.07, 6.45) is 0. The lowest BCUT2D eigenvalue weighted by Crippen LogP contribution is -2.35. The summed E-state index contributed by atoms with van der Waals surface area (Å²) >= 11 is 13.0. The van der Waals surface area contributed by atoms with Crippen LogP contribution in [0.4, 0.5) is 0 Å². The van der Waals surface area contributed by atoms with E-state index in [1.807, 2.05) is 42.1 Å². The lowest BCUT2D eigenvalue weighted by Gasteiger charge is -2.10. The molecule has 0 amide bonds. The summed E-state index contributed by atoms with van der Waals surface area (Å²) in [6.45, 7) is 1.61. The molecule has 0 aliphatic rings. The van der Waals surface area contributed by atoms with Crippen LogP contribution in [0.5, 0.6) is 0 Å². The van der Waals surface area contributed by atoms with Gasteiger partial charge in [-0.2, -0.15) is 11.8 Å². The number of halogens is 1. The maximum absolute atomic E-state index is 5.87. The van der Waals surface area contributed by atoms with Crippen molar-refractivity contribution >= 4 is 40.7 Å². The second-order valence-electron chi connectivity index (χ2n) is 4.77. The van der Waals surface area contributed by atoms with Crippen LogP contribution in [0.3, 0.4) is 0 Å². The van der Waals surface area contributed by atoms with Gasteiger partial charge >= 0.3 is 0 Å². The Bertz CT molecular complexity index is 573. The molecule has 0 radical (unpaired) electrons. The number of thioether (sulfide) groups is 1. The molecule has 0 saturated carbocycles. The Morgan fingerprint density at radius 3 is 2.41 bits per heavy atom. The molecule has 0 aliphatic heterocycles. The van der Waals surface area contributed by atoms with Gasteiger partial charge in [-0.05, 0) is 35.5 Å². The van der Waals surface area contributed by atoms with E-state index in [0.29, 0.717) is 5.11 Å². The minimum atomic E-state index is 0.705. The van der Waals surface area contributed by atoms with Crippen LogP contribution in [-0.4, -0.2) is 17.4 Å². The van der Waals surface area contributed by atoms with Gasteiger partial charge in [-0.15, -0.1) is 0 Å². The van der Waals surface area contributed by atoms with Crippen molar-refractivity contribution in [1.29, 1.82) is 0 Å². The minimum absolute atomic E-state index is 0.705. The van der Waals surface area contributed by atoms with Gasteiger partial charge in [-0.1, -0.05) is 54.1 Å². The van der Waals surface area contributed by atoms with Crippen molar-refractivity contribution in [2.45, 2.75) is 12.3 Å². The fourth-order valence-electron chi connectivity index (χ4n) is 1.85. The number of thiocarbonyl (C=S) groups is 1. The van der Waals surface area contributed by atoms with Crippen LogP contribution in [0.2, 0.25) is 5.02 Å². The standard InChI is InChI=1S/C17H19ClN2S2/c18-16-8-6-15(7-9-16)13-22-11-10-19-17(21)20-12-14-4-2-1-3-5-14/h1-9H,10-13H2,(H2,19,20,21). The Hall–Kier alpha value is -1.23. The number of rotatable bonds is 7. The number of benzene rings is 2. The molecule has 0 atom stereocenters. The summed E-state index contributed by atoms with van der Waals surface area (Å²) < 4.78 is 0. The summed E-state index contributed by atoms with van der Waals surface area (Å²) in [5, 5.41) is 7.92. The van der Waals surface area contributed by atoms with Gasteiger partial charge in [0.25, 0.3) is 0 Å². The first-order chi connectivity index (χ1) is 10.7. The Labute approximate surface area is 146 Å². The van der Waals surface area contributed by atoms with Gasteiger partial charge < -0.3 is 10.6 Å². The van der Waals surface area contributed by atoms with Crippen molar-refractivity contribution in [3.8, 4) is 0 Å². The highest BCUT2D eigenvalue weighted by Gasteiger charge is 1.97. The molecule has 0 heterocycles. The molecular formula is C17H19ClN2S2. The highest BCUT2D eigenvalue weighted by atomic mass is 35.5. The van der Waals surface area contributed by atoms with Crippen LogP contribution in [0.25, 0.3) is 0 Å². The zero-order chi connectivity index (χ0) is 15.6. The molecule has 2 nitrogen and oxygen atoms in total. The third-order valence-corrected chi connectivity index (χ3v) is 4.58. The predicted molar refractivity (Wildman–Crippen MR) is 101 cm³/mol. The van der Waals surface area contributed by atoms with E-state index in [1.165, 1.54) is 11.1 Å². The van der Waals surface area contributed by atoms with Crippen LogP contribution < -0.4 is 10.6 Å². The Balaban J connectivity index is 1.54. The van der Waals surface area contributed by atoms with Crippen molar-refractivity contribution in [2.24, 2.45) is 0 Å². The van der Waals surface area contributed by atoms with E-state index in [2.05, 4.69) is 34.9 Å². The average Bonchev–Trinajstić information content (AvgIpc) is 2.55. The van der Waals surface area contributed by atoms with Gasteiger partial charge in [0, 0.05) is 29.6 Å². The second kappa shape index (κ2) is 9.72. The summed E-state index contributed by atoms with van der Waals surface area (Å²) in [7, 11) is 0. The van der Waals surface area contributed by atoms with E-state index in [-0.39, 0.29) is 0 Å². The molecule has 0 saturated heterocycles. The monoisotopic (exact) mass is 350 g/mol. The van der Waals surface area contributed by atoms with E-state index in [1.54, 1.807) is 0 Å². The fraction of sp³-hybridized carbons (Fsp3) is 0.235. The van der Waals surface area contributed by atoms with Crippen molar-refractivity contribution in [3.63, 3.8) is 0 Å². The lowest BCUT2D eigenvalue weighted by atomic mass is 10.2. The summed E-state index contributed by atoms with van der Waals surface area (Å²) in [6, 6.07) is 18.2. The van der Waals surface area contributed by atoms with E-state index in [9.17, 15) is 0 Å². The molecule has 0 bridgehead atoms. The van der Waals surface area contributed by atoms with E-state index >= 15 is 0 Å². The molecular weight excluding hydrogens is 332 g/mol. The van der Waals surface area contributed by atoms with Crippen molar-refractivity contribution in [3.05, 3.63) is 70.7 Å². The zero-order valence-electron chi connectivity index (χ0n) is 12.2. The third-order valence-electron chi connectivity index (χ3n) is 3.01. The molecule has 116 valence electrons. The van der Waals surface area contributed by atoms with Crippen LogP contribution in [0.15, 0.2) is 54.6 Å². The predicted octanol–water partition coefficient (Wildman–Crippen LogP) is 4.24. The topological polar surface area (TPSA) is 24.1 Å². The van der Waals surface area contributed by atoms with Crippen LogP contribution in [0, 0.1) is 0 Å². The largest absolute Gasteiger partial charge is 0.362 e. The SMILES string of the molecule is S=C(NCCSCc1ccc(Cl)cc1)NCc1ccccc1. The molecule has 0 aromatic heterocycles. The summed E-state index contributed by atoms with van der Waals surface area (Å²) in [5.74, 6) is 2.00. The fourth-order valence-corrected chi connectivity index (χ4v) is 2.97. The maximum atomic E-state index is 5.87. The first kappa shape index (κ1) is 17.1. The quantitative estimate of drug-likeness (QED) is 0.576. The first-order valence-corrected chi connectivity index (χ1v) is 9.06. The minimum Gasteiger partial charge on any atom is -0.362 e. The maximum Gasteiger partial charge on any atom is 0.166 e. The van der Waals surface area contributed by atoms with Gasteiger partial charge in [0.05, 0.1) is 0 Å². The zero-order valence-corrected chi connectivity index (χ0v) is 14.6. The smallest absolute Gasteiger partial charge is 0.166 e. The molecule has 0 spiro atoms. The summed E-state index contributed by atoms with van der Waals surface area (Å²) in [4.78, 5) is 0. The number of nitrogens with one attached hydrogen (secondary N) is 2. The van der Waals surface area contributed by atoms with Crippen LogP contribution >= 0.6 is 35.6 Å². The summed E-state index contributed by atoms with van der Waals surface area (Å²) in [5.41, 5.74) is 2.52. The van der Waals surface area contributed by atoms with Gasteiger partial charge in [0.1, 0.15) is 0 Å². The van der Waals surface area contributed by atoms with Crippen molar-refractivity contribution in [1.82, 2.24) is 10.6 Å². The molecule has 0 fully saturated rings. The molecule has 0 aliphatic carbocycles. The van der Waals surface area contributed by atoms with E-state index in [0.717, 1.165) is 29.6 Å². The second-order valence-corrected chi connectivity index (χ2v) is 6.72. The van der Waals surface area contributed by atoms with Crippen LogP contribution in [0.1, 0.15) is 11.1 Å². The Morgan fingerprint density at radius 1 is 0.955 bits per heavy atom. The Morgan fingerprint density at radius 2 is 1.68 bits per heavy atom. The number of hydrogen-bond donors (Lipinski definition) is 2. The molecule has 5 heteroatoms. The van der Waals surface area contributed by atoms with Gasteiger partial charge in [0.2, 0.25) is 0 Å². The molecule has 2 aromatic rings. The highest BCUT2D eigenvalue weighted by molar-refractivity contribution is 7.98. The molecule has 2 aromatic carbocycles. The molecule has 22 heavy (non-hydrogen) atoms. The average molecular weight is 351 g/mol. The normalized spacial score (nSPS) is 10.2. The van der Waals surface area contributed by atoms with Gasteiger partial charge in [0.15, 0.2) is 5.11 Å². The Kier molecular flexibility index (Phi) is 7.57. The van der Waals surface area contributed by atoms with Crippen LogP contribution in [-0.2, 0) is 12.3 Å². The lowest BCUT2D eigenvalue weighted by molar-refractivity contribution is 0.858. The van der Waals surface area contributed by atoms with Gasteiger partial charge in [-0.25, -0.2) is 0 Å². The molecule has 2 rings (SSSR count). The third kappa shape index (κ3) is 6.69. The van der Waals surface area contributed by atoms with E-state index in [4.69, 9.17) is 23.8 Å². The molecule has 2 N–H and O–H groups in total. The molecule has 0 unspecified atom stereocenters. The van der Waals surface area contributed by atoms with Gasteiger partial charge in [-0.3, -0.25) is 0 Å². The van der Waals surface area contributed by atoms with E-state index < -0.39 is 0 Å². The first-order valence-electron chi connectivity index (χ1n) is 7.12.